The number of hydrogen-bond acceptors (Lipinski definition) is 3. The molecule has 0 amide bonds. The molecule has 1 aromatic rings. The molecule has 1 atom stereocenters. The minimum atomic E-state index is -3.24. The molecule has 1 saturated carbocycles. The third-order valence-electron chi connectivity index (χ3n) is 3.94. The molecule has 0 radical (unpaired) electrons. The van der Waals surface area contributed by atoms with Crippen molar-refractivity contribution in [2.45, 2.75) is 49.9 Å². The van der Waals surface area contributed by atoms with Gasteiger partial charge in [0.1, 0.15) is 5.60 Å². The van der Waals surface area contributed by atoms with Crippen LogP contribution >= 0.6 is 0 Å². The summed E-state index contributed by atoms with van der Waals surface area (Å²) in [7, 11) is -3.24. The lowest BCUT2D eigenvalue weighted by Crippen LogP contribution is -2.37. The van der Waals surface area contributed by atoms with E-state index in [1.54, 1.807) is 19.1 Å². The molecule has 0 bridgehead atoms. The predicted octanol–water partition coefficient (Wildman–Crippen LogP) is 2.64. The quantitative estimate of drug-likeness (QED) is 0.923. The highest BCUT2D eigenvalue weighted by molar-refractivity contribution is 7.92. The summed E-state index contributed by atoms with van der Waals surface area (Å²) in [5.41, 5.74) is -0.647. The van der Waals surface area contributed by atoms with Gasteiger partial charge in [0, 0.05) is 0 Å². The maximum Gasteiger partial charge on any atom is 0.156 e. The van der Waals surface area contributed by atoms with Crippen LogP contribution in [-0.4, -0.2) is 24.5 Å². The summed E-state index contributed by atoms with van der Waals surface area (Å²) in [4.78, 5) is 0. The lowest BCUT2D eigenvalue weighted by Gasteiger charge is -2.28. The van der Waals surface area contributed by atoms with Crippen LogP contribution in [0.1, 0.15) is 44.6 Å². The highest BCUT2D eigenvalue weighted by atomic mass is 32.2. The zero-order valence-corrected chi connectivity index (χ0v) is 12.2. The molecular weight excluding hydrogens is 260 g/mol. The zero-order valence-electron chi connectivity index (χ0n) is 11.4. The first-order chi connectivity index (χ1) is 8.92. The van der Waals surface area contributed by atoms with Crippen molar-refractivity contribution in [2.24, 2.45) is 0 Å². The first kappa shape index (κ1) is 14.5. The van der Waals surface area contributed by atoms with Crippen LogP contribution in [0.4, 0.5) is 0 Å². The van der Waals surface area contributed by atoms with Crippen molar-refractivity contribution in [3.05, 3.63) is 35.9 Å². The van der Waals surface area contributed by atoms with Gasteiger partial charge >= 0.3 is 0 Å². The Balaban J connectivity index is 2.15. The third kappa shape index (κ3) is 3.57. The van der Waals surface area contributed by atoms with Gasteiger partial charge < -0.3 is 5.11 Å². The van der Waals surface area contributed by atoms with Crippen LogP contribution in [0.25, 0.3) is 0 Å². The molecule has 0 aliphatic heterocycles. The molecule has 1 aromatic carbocycles. The number of rotatable bonds is 4. The molecule has 106 valence electrons. The van der Waals surface area contributed by atoms with E-state index >= 15 is 0 Å². The smallest absolute Gasteiger partial charge is 0.156 e. The minimum absolute atomic E-state index is 0.186. The molecule has 1 unspecified atom stereocenters. The standard InChI is InChI=1S/C15H22O3S/c1-15(16,13-8-4-2-5-9-13)12-19(17,18)14-10-6-3-7-11-14/h2,4-5,8-9,14,16H,3,6-7,10-12H2,1H3. The van der Waals surface area contributed by atoms with Crippen molar-refractivity contribution in [2.75, 3.05) is 5.75 Å². The van der Waals surface area contributed by atoms with Gasteiger partial charge in [0.25, 0.3) is 0 Å². The zero-order chi connectivity index (χ0) is 13.9. The molecule has 0 saturated heterocycles. The lowest BCUT2D eigenvalue weighted by molar-refractivity contribution is 0.0816. The average molecular weight is 282 g/mol. The molecule has 0 heterocycles. The summed E-state index contributed by atoms with van der Waals surface area (Å²) < 4.78 is 24.8. The van der Waals surface area contributed by atoms with Gasteiger partial charge in [-0.15, -0.1) is 0 Å². The Hall–Kier alpha value is -0.870. The van der Waals surface area contributed by atoms with Crippen LogP contribution in [-0.2, 0) is 15.4 Å². The Bertz CT molecular complexity index is 499. The molecule has 0 aromatic heterocycles. The first-order valence-corrected chi connectivity index (χ1v) is 8.63. The Labute approximate surface area is 115 Å². The number of aliphatic hydroxyl groups is 1. The van der Waals surface area contributed by atoms with Gasteiger partial charge in [0.15, 0.2) is 9.84 Å². The molecule has 1 aliphatic rings. The van der Waals surface area contributed by atoms with E-state index in [9.17, 15) is 13.5 Å². The van der Waals surface area contributed by atoms with Crippen LogP contribution < -0.4 is 0 Å². The second-order valence-corrected chi connectivity index (χ2v) is 7.99. The van der Waals surface area contributed by atoms with Crippen LogP contribution in [0.2, 0.25) is 0 Å². The van der Waals surface area contributed by atoms with Crippen molar-refractivity contribution < 1.29 is 13.5 Å². The summed E-state index contributed by atoms with van der Waals surface area (Å²) in [5.74, 6) is -0.186. The van der Waals surface area contributed by atoms with Crippen molar-refractivity contribution in [1.82, 2.24) is 0 Å². The van der Waals surface area contributed by atoms with Gasteiger partial charge in [-0.25, -0.2) is 8.42 Å². The fraction of sp³-hybridized carbons (Fsp3) is 0.600. The molecule has 1 aliphatic carbocycles. The second kappa shape index (κ2) is 5.63. The van der Waals surface area contributed by atoms with E-state index in [4.69, 9.17) is 0 Å². The van der Waals surface area contributed by atoms with Gasteiger partial charge in [-0.3, -0.25) is 0 Å². The van der Waals surface area contributed by atoms with Gasteiger partial charge in [-0.1, -0.05) is 49.6 Å². The van der Waals surface area contributed by atoms with E-state index in [-0.39, 0.29) is 11.0 Å². The Morgan fingerprint density at radius 2 is 1.74 bits per heavy atom. The largest absolute Gasteiger partial charge is 0.384 e. The number of sulfone groups is 1. The van der Waals surface area contributed by atoms with Crippen LogP contribution in [0.5, 0.6) is 0 Å². The summed E-state index contributed by atoms with van der Waals surface area (Å²) in [6.07, 6.45) is 4.58. The summed E-state index contributed by atoms with van der Waals surface area (Å²) in [6, 6.07) is 9.04. The molecule has 1 fully saturated rings. The van der Waals surface area contributed by atoms with E-state index in [1.807, 2.05) is 18.2 Å². The highest BCUT2D eigenvalue weighted by Gasteiger charge is 2.35. The summed E-state index contributed by atoms with van der Waals surface area (Å²) in [6.45, 7) is 1.59. The molecule has 0 spiro atoms. The highest BCUT2D eigenvalue weighted by Crippen LogP contribution is 2.29. The monoisotopic (exact) mass is 282 g/mol. The second-order valence-electron chi connectivity index (χ2n) is 5.71. The van der Waals surface area contributed by atoms with Crippen molar-refractivity contribution in [3.63, 3.8) is 0 Å². The van der Waals surface area contributed by atoms with Crippen LogP contribution in [0.3, 0.4) is 0 Å². The Kier molecular flexibility index (Phi) is 4.31. The van der Waals surface area contributed by atoms with E-state index in [0.717, 1.165) is 32.1 Å². The molecule has 2 rings (SSSR count). The predicted molar refractivity (Wildman–Crippen MR) is 76.7 cm³/mol. The topological polar surface area (TPSA) is 54.4 Å². The number of hydrogen-bond donors (Lipinski definition) is 1. The molecule has 19 heavy (non-hydrogen) atoms. The SMILES string of the molecule is CC(O)(CS(=O)(=O)C1CCCCC1)c1ccccc1. The van der Waals surface area contributed by atoms with Crippen molar-refractivity contribution in [1.29, 1.82) is 0 Å². The molecule has 4 heteroatoms. The van der Waals surface area contributed by atoms with E-state index in [1.165, 1.54) is 0 Å². The normalized spacial score (nSPS) is 20.9. The third-order valence-corrected chi connectivity index (χ3v) is 6.39. The maximum absolute atomic E-state index is 12.4. The van der Waals surface area contributed by atoms with Crippen LogP contribution in [0.15, 0.2) is 30.3 Å². The average Bonchev–Trinajstić information content (AvgIpc) is 2.40. The Morgan fingerprint density at radius 3 is 2.32 bits per heavy atom. The van der Waals surface area contributed by atoms with Gasteiger partial charge in [0.05, 0.1) is 11.0 Å². The summed E-state index contributed by atoms with van der Waals surface area (Å²) in [5, 5.41) is 10.2. The van der Waals surface area contributed by atoms with Crippen molar-refractivity contribution >= 4 is 9.84 Å². The maximum atomic E-state index is 12.4. The molecular formula is C15H22O3S. The van der Waals surface area contributed by atoms with Crippen LogP contribution in [0, 0.1) is 0 Å². The van der Waals surface area contributed by atoms with Gasteiger partial charge in [-0.2, -0.15) is 0 Å². The minimum Gasteiger partial charge on any atom is -0.384 e. The van der Waals surface area contributed by atoms with E-state index in [2.05, 4.69) is 0 Å². The lowest BCUT2D eigenvalue weighted by atomic mass is 9.98. The van der Waals surface area contributed by atoms with Gasteiger partial charge in [-0.05, 0) is 25.3 Å². The van der Waals surface area contributed by atoms with Crippen molar-refractivity contribution in [3.8, 4) is 0 Å². The van der Waals surface area contributed by atoms with Gasteiger partial charge in [0.2, 0.25) is 0 Å². The molecule has 1 N–H and O–H groups in total. The van der Waals surface area contributed by atoms with E-state index in [0.29, 0.717) is 5.56 Å². The summed E-state index contributed by atoms with van der Waals surface area (Å²) >= 11 is 0. The molecule has 3 nitrogen and oxygen atoms in total. The first-order valence-electron chi connectivity index (χ1n) is 6.91. The fourth-order valence-electron chi connectivity index (χ4n) is 2.81. The Morgan fingerprint density at radius 1 is 1.16 bits per heavy atom. The van der Waals surface area contributed by atoms with E-state index < -0.39 is 15.4 Å². The fourth-order valence-corrected chi connectivity index (χ4v) is 5.05. The number of benzene rings is 1.